The van der Waals surface area contributed by atoms with Crippen molar-refractivity contribution in [3.8, 4) is 0 Å². The number of hydrogen-bond donors (Lipinski definition) is 2. The zero-order chi connectivity index (χ0) is 13.0. The summed E-state index contributed by atoms with van der Waals surface area (Å²) in [5.74, 6) is 0.489. The predicted molar refractivity (Wildman–Crippen MR) is 69.8 cm³/mol. The smallest absolute Gasteiger partial charge is 0.242 e. The molecule has 0 spiro atoms. The summed E-state index contributed by atoms with van der Waals surface area (Å²) >= 11 is 0. The van der Waals surface area contributed by atoms with Crippen LogP contribution in [0.25, 0.3) is 0 Å². The van der Waals surface area contributed by atoms with E-state index in [1.165, 1.54) is 0 Å². The van der Waals surface area contributed by atoms with Crippen molar-refractivity contribution in [2.75, 3.05) is 5.43 Å². The monoisotopic (exact) mass is 246 g/mol. The number of aryl methyl sites for hydroxylation is 2. The van der Waals surface area contributed by atoms with Gasteiger partial charge in [-0.25, -0.2) is 9.97 Å². The molecule has 1 amide bonds. The lowest BCUT2D eigenvalue weighted by Crippen LogP contribution is -2.36. The first-order valence-electron chi connectivity index (χ1n) is 6.18. The second-order valence-electron chi connectivity index (χ2n) is 4.57. The van der Waals surface area contributed by atoms with Crippen LogP contribution in [0.15, 0.2) is 18.2 Å². The zero-order valence-electron chi connectivity index (χ0n) is 10.7. The van der Waals surface area contributed by atoms with E-state index >= 15 is 0 Å². The minimum atomic E-state index is 0.00195. The van der Waals surface area contributed by atoms with Crippen molar-refractivity contribution in [1.82, 2.24) is 15.4 Å². The molecule has 18 heavy (non-hydrogen) atoms. The lowest BCUT2D eigenvalue weighted by atomic mass is 9.94. The molecule has 2 rings (SSSR count). The maximum atomic E-state index is 11.9. The van der Waals surface area contributed by atoms with E-state index in [-0.39, 0.29) is 11.8 Å². The minimum Gasteiger partial charge on any atom is -0.273 e. The van der Waals surface area contributed by atoms with Crippen LogP contribution in [0.3, 0.4) is 0 Å². The Kier molecular flexibility index (Phi) is 3.92. The van der Waals surface area contributed by atoms with Crippen molar-refractivity contribution in [2.45, 2.75) is 33.1 Å². The summed E-state index contributed by atoms with van der Waals surface area (Å²) < 4.78 is 0. The first-order chi connectivity index (χ1) is 8.65. The number of nitrogens with zero attached hydrogens (tertiary/aromatic N) is 2. The maximum Gasteiger partial charge on any atom is 0.242 e. The molecule has 1 aromatic rings. The van der Waals surface area contributed by atoms with Crippen molar-refractivity contribution < 1.29 is 4.79 Å². The average Bonchev–Trinajstić information content (AvgIpc) is 2.36. The Labute approximate surface area is 107 Å². The van der Waals surface area contributed by atoms with Crippen molar-refractivity contribution in [1.29, 1.82) is 0 Å². The quantitative estimate of drug-likeness (QED) is 0.631. The van der Waals surface area contributed by atoms with E-state index in [2.05, 4.69) is 33.0 Å². The molecule has 2 N–H and O–H groups in total. The van der Waals surface area contributed by atoms with E-state index in [4.69, 9.17) is 0 Å². The summed E-state index contributed by atoms with van der Waals surface area (Å²) in [6.45, 7) is 3.79. The highest BCUT2D eigenvalue weighted by atomic mass is 16.2. The first-order valence-corrected chi connectivity index (χ1v) is 6.18. The van der Waals surface area contributed by atoms with Gasteiger partial charge in [0, 0.05) is 17.3 Å². The Morgan fingerprint density at radius 2 is 2.00 bits per heavy atom. The molecule has 1 atom stereocenters. The maximum absolute atomic E-state index is 11.9. The number of hydrazine groups is 1. The van der Waals surface area contributed by atoms with Crippen LogP contribution < -0.4 is 10.9 Å². The van der Waals surface area contributed by atoms with Gasteiger partial charge in [0.15, 0.2) is 0 Å². The fourth-order valence-electron chi connectivity index (χ4n) is 2.03. The zero-order valence-corrected chi connectivity index (χ0v) is 10.7. The molecule has 0 unspecified atom stereocenters. The highest BCUT2D eigenvalue weighted by molar-refractivity contribution is 5.79. The standard InChI is InChI=1S/C13H18N4O/c1-9-8-10(2)15-13(14-9)17-16-12(18)11-6-4-3-5-7-11/h3-4,8,11H,5-7H2,1-2H3,(H,16,18)(H,14,15,17)/t11-/m0/s1. The summed E-state index contributed by atoms with van der Waals surface area (Å²) in [5, 5.41) is 0. The molecule has 0 saturated carbocycles. The van der Waals surface area contributed by atoms with Crippen LogP contribution in [-0.2, 0) is 4.79 Å². The third-order valence-corrected chi connectivity index (χ3v) is 2.92. The van der Waals surface area contributed by atoms with Crippen LogP contribution in [0.1, 0.15) is 30.7 Å². The van der Waals surface area contributed by atoms with Gasteiger partial charge in [0.1, 0.15) is 0 Å². The molecule has 5 heteroatoms. The van der Waals surface area contributed by atoms with Crippen LogP contribution in [0.5, 0.6) is 0 Å². The molecular formula is C13H18N4O. The Morgan fingerprint density at radius 3 is 2.61 bits per heavy atom. The SMILES string of the molecule is Cc1cc(C)nc(NNC(=O)[C@H]2CC=CCC2)n1. The van der Waals surface area contributed by atoms with E-state index < -0.39 is 0 Å². The van der Waals surface area contributed by atoms with Gasteiger partial charge in [-0.15, -0.1) is 0 Å². The molecule has 1 aliphatic rings. The molecule has 0 bridgehead atoms. The van der Waals surface area contributed by atoms with Gasteiger partial charge in [0.25, 0.3) is 0 Å². The molecule has 1 aromatic heterocycles. The third-order valence-electron chi connectivity index (χ3n) is 2.92. The largest absolute Gasteiger partial charge is 0.273 e. The number of amides is 1. The molecule has 96 valence electrons. The fourth-order valence-corrected chi connectivity index (χ4v) is 2.03. The molecule has 1 heterocycles. The molecular weight excluding hydrogens is 228 g/mol. The lowest BCUT2D eigenvalue weighted by Gasteiger charge is -2.17. The average molecular weight is 246 g/mol. The molecule has 5 nitrogen and oxygen atoms in total. The Hall–Kier alpha value is -1.91. The Balaban J connectivity index is 1.90. The van der Waals surface area contributed by atoms with Crippen LogP contribution in [-0.4, -0.2) is 15.9 Å². The Morgan fingerprint density at radius 1 is 1.28 bits per heavy atom. The van der Waals surface area contributed by atoms with Gasteiger partial charge >= 0.3 is 0 Å². The lowest BCUT2D eigenvalue weighted by molar-refractivity contribution is -0.124. The highest BCUT2D eigenvalue weighted by Crippen LogP contribution is 2.17. The third kappa shape index (κ3) is 3.29. The number of rotatable bonds is 3. The molecule has 0 radical (unpaired) electrons. The van der Waals surface area contributed by atoms with E-state index in [1.54, 1.807) is 0 Å². The van der Waals surface area contributed by atoms with Crippen LogP contribution in [0, 0.1) is 19.8 Å². The normalized spacial score (nSPS) is 18.4. The van der Waals surface area contributed by atoms with Crippen LogP contribution in [0.2, 0.25) is 0 Å². The molecule has 0 aromatic carbocycles. The summed E-state index contributed by atoms with van der Waals surface area (Å²) in [5.41, 5.74) is 7.20. The number of carbonyl (C=O) groups excluding carboxylic acids is 1. The Bertz CT molecular complexity index is 450. The number of anilines is 1. The summed E-state index contributed by atoms with van der Waals surface area (Å²) in [6.07, 6.45) is 6.85. The van der Waals surface area contributed by atoms with Gasteiger partial charge in [0.05, 0.1) is 0 Å². The van der Waals surface area contributed by atoms with Crippen LogP contribution >= 0.6 is 0 Å². The van der Waals surface area contributed by atoms with Gasteiger partial charge in [-0.2, -0.15) is 0 Å². The summed E-state index contributed by atoms with van der Waals surface area (Å²) in [4.78, 5) is 20.3. The van der Waals surface area contributed by atoms with Crippen LogP contribution in [0.4, 0.5) is 5.95 Å². The van der Waals surface area contributed by atoms with Gasteiger partial charge in [0.2, 0.25) is 11.9 Å². The van der Waals surface area contributed by atoms with Crippen molar-refractivity contribution in [3.63, 3.8) is 0 Å². The van der Waals surface area contributed by atoms with Crippen molar-refractivity contribution >= 4 is 11.9 Å². The van der Waals surface area contributed by atoms with E-state index in [0.29, 0.717) is 5.95 Å². The number of allylic oxidation sites excluding steroid dienone is 2. The number of aromatic nitrogens is 2. The van der Waals surface area contributed by atoms with Gasteiger partial charge in [-0.1, -0.05) is 12.2 Å². The molecule has 0 saturated heterocycles. The van der Waals surface area contributed by atoms with Gasteiger partial charge in [-0.05, 0) is 39.2 Å². The number of hydrogen-bond acceptors (Lipinski definition) is 4. The molecule has 1 aliphatic carbocycles. The molecule has 0 aliphatic heterocycles. The predicted octanol–water partition coefficient (Wildman–Crippen LogP) is 1.89. The fraction of sp³-hybridized carbons (Fsp3) is 0.462. The van der Waals surface area contributed by atoms with Crippen molar-refractivity contribution in [2.24, 2.45) is 5.92 Å². The first kappa shape index (κ1) is 12.5. The van der Waals surface area contributed by atoms with Gasteiger partial charge < -0.3 is 0 Å². The number of carbonyl (C=O) groups is 1. The summed E-state index contributed by atoms with van der Waals surface area (Å²) in [6, 6.07) is 1.89. The second-order valence-corrected chi connectivity index (χ2v) is 4.57. The van der Waals surface area contributed by atoms with E-state index in [0.717, 1.165) is 30.7 Å². The molecule has 0 fully saturated rings. The minimum absolute atomic E-state index is 0.00195. The van der Waals surface area contributed by atoms with E-state index in [1.807, 2.05) is 19.9 Å². The number of nitrogens with one attached hydrogen (secondary N) is 2. The topological polar surface area (TPSA) is 66.9 Å². The second kappa shape index (κ2) is 5.62. The highest BCUT2D eigenvalue weighted by Gasteiger charge is 2.18. The van der Waals surface area contributed by atoms with E-state index in [9.17, 15) is 4.79 Å². The van der Waals surface area contributed by atoms with Crippen molar-refractivity contribution in [3.05, 3.63) is 29.6 Å². The van der Waals surface area contributed by atoms with Gasteiger partial charge in [-0.3, -0.25) is 15.6 Å². The summed E-state index contributed by atoms with van der Waals surface area (Å²) in [7, 11) is 0.